The molecule has 0 aliphatic carbocycles. The highest BCUT2D eigenvalue weighted by Gasteiger charge is 2.09. The van der Waals surface area contributed by atoms with Crippen LogP contribution in [0.25, 0.3) is 0 Å². The second-order valence-corrected chi connectivity index (χ2v) is 6.59. The predicted molar refractivity (Wildman–Crippen MR) is 78.0 cm³/mol. The van der Waals surface area contributed by atoms with E-state index in [0.29, 0.717) is 4.90 Å². The zero-order valence-corrected chi connectivity index (χ0v) is 11.8. The van der Waals surface area contributed by atoms with Crippen LogP contribution < -0.4 is 5.32 Å². The van der Waals surface area contributed by atoms with Gasteiger partial charge in [-0.25, -0.2) is 8.42 Å². The number of nitrogens with one attached hydrogen (secondary N) is 1. The molecule has 3 nitrogen and oxygen atoms in total. The average Bonchev–Trinajstić information content (AvgIpc) is 2.39. The molecule has 0 saturated heterocycles. The summed E-state index contributed by atoms with van der Waals surface area (Å²) in [7, 11) is -3.17. The van der Waals surface area contributed by atoms with Crippen LogP contribution in [-0.2, 0) is 9.84 Å². The minimum Gasteiger partial charge on any atom is -0.378 e. The van der Waals surface area contributed by atoms with Crippen LogP contribution in [-0.4, -0.2) is 14.7 Å². The summed E-state index contributed by atoms with van der Waals surface area (Å²) in [5.74, 6) is 0. The largest absolute Gasteiger partial charge is 0.378 e. The Hall–Kier alpha value is -1.81. The van der Waals surface area contributed by atoms with Crippen LogP contribution in [0.1, 0.15) is 18.5 Å². The van der Waals surface area contributed by atoms with E-state index in [2.05, 4.69) is 5.32 Å². The molecule has 0 radical (unpaired) electrons. The third-order valence-electron chi connectivity index (χ3n) is 2.94. The minimum atomic E-state index is -3.17. The van der Waals surface area contributed by atoms with Crippen LogP contribution in [0.15, 0.2) is 59.5 Å². The molecule has 1 atom stereocenters. The van der Waals surface area contributed by atoms with Gasteiger partial charge in [0.2, 0.25) is 0 Å². The van der Waals surface area contributed by atoms with Gasteiger partial charge >= 0.3 is 0 Å². The molecule has 0 amide bonds. The first-order valence-electron chi connectivity index (χ1n) is 6.08. The molecule has 4 heteroatoms. The van der Waals surface area contributed by atoms with Crippen molar-refractivity contribution in [2.24, 2.45) is 0 Å². The normalized spacial score (nSPS) is 12.9. The monoisotopic (exact) mass is 275 g/mol. The van der Waals surface area contributed by atoms with E-state index >= 15 is 0 Å². The van der Waals surface area contributed by atoms with E-state index in [9.17, 15) is 8.42 Å². The smallest absolute Gasteiger partial charge is 0.175 e. The Labute approximate surface area is 114 Å². The van der Waals surface area contributed by atoms with Gasteiger partial charge in [0, 0.05) is 18.0 Å². The fourth-order valence-electron chi connectivity index (χ4n) is 1.89. The molecular formula is C15H17NO2S. The van der Waals surface area contributed by atoms with Crippen molar-refractivity contribution in [3.8, 4) is 0 Å². The first kappa shape index (κ1) is 13.6. The molecule has 0 aliphatic rings. The third-order valence-corrected chi connectivity index (χ3v) is 4.06. The SMILES string of the molecule is CC(Nc1cccc(S(C)(=O)=O)c1)c1ccccc1. The highest BCUT2D eigenvalue weighted by atomic mass is 32.2. The Bertz CT molecular complexity index is 651. The molecule has 0 spiro atoms. The summed E-state index contributed by atoms with van der Waals surface area (Å²) >= 11 is 0. The highest BCUT2D eigenvalue weighted by molar-refractivity contribution is 7.90. The van der Waals surface area contributed by atoms with Gasteiger partial charge in [0.05, 0.1) is 4.90 Å². The molecule has 1 unspecified atom stereocenters. The number of sulfone groups is 1. The van der Waals surface area contributed by atoms with Crippen molar-refractivity contribution < 1.29 is 8.42 Å². The van der Waals surface area contributed by atoms with Crippen molar-refractivity contribution in [2.75, 3.05) is 11.6 Å². The van der Waals surface area contributed by atoms with Crippen LogP contribution >= 0.6 is 0 Å². The Morgan fingerprint density at radius 2 is 1.68 bits per heavy atom. The van der Waals surface area contributed by atoms with Gasteiger partial charge in [0.25, 0.3) is 0 Å². The van der Waals surface area contributed by atoms with Crippen LogP contribution in [0.4, 0.5) is 5.69 Å². The molecule has 1 N–H and O–H groups in total. The van der Waals surface area contributed by atoms with Crippen molar-refractivity contribution >= 4 is 15.5 Å². The van der Waals surface area contributed by atoms with Gasteiger partial charge in [0.15, 0.2) is 9.84 Å². The summed E-state index contributed by atoms with van der Waals surface area (Å²) in [5.41, 5.74) is 1.96. The Morgan fingerprint density at radius 1 is 1.00 bits per heavy atom. The van der Waals surface area contributed by atoms with Crippen molar-refractivity contribution in [3.05, 3.63) is 60.2 Å². The zero-order valence-electron chi connectivity index (χ0n) is 11.0. The first-order chi connectivity index (χ1) is 8.97. The maximum atomic E-state index is 11.5. The lowest BCUT2D eigenvalue weighted by Gasteiger charge is -2.16. The van der Waals surface area contributed by atoms with Gasteiger partial charge in [-0.15, -0.1) is 0 Å². The molecular weight excluding hydrogens is 258 g/mol. The molecule has 0 heterocycles. The van der Waals surface area contributed by atoms with Crippen molar-refractivity contribution in [2.45, 2.75) is 17.9 Å². The van der Waals surface area contributed by atoms with Crippen molar-refractivity contribution in [3.63, 3.8) is 0 Å². The first-order valence-corrected chi connectivity index (χ1v) is 7.97. The Kier molecular flexibility index (Phi) is 3.90. The minimum absolute atomic E-state index is 0.121. The predicted octanol–water partition coefficient (Wildman–Crippen LogP) is 3.26. The van der Waals surface area contributed by atoms with Crippen LogP contribution in [0, 0.1) is 0 Å². The molecule has 0 saturated carbocycles. The van der Waals surface area contributed by atoms with E-state index in [0.717, 1.165) is 11.3 Å². The summed E-state index contributed by atoms with van der Waals surface area (Å²) in [5, 5.41) is 3.31. The number of hydrogen-bond donors (Lipinski definition) is 1. The van der Waals surface area contributed by atoms with E-state index in [4.69, 9.17) is 0 Å². The third kappa shape index (κ3) is 3.58. The number of rotatable bonds is 4. The molecule has 0 aliphatic heterocycles. The average molecular weight is 275 g/mol. The van der Waals surface area contributed by atoms with E-state index in [1.807, 2.05) is 43.3 Å². The quantitative estimate of drug-likeness (QED) is 0.931. The second-order valence-electron chi connectivity index (χ2n) is 4.58. The molecule has 0 bridgehead atoms. The van der Waals surface area contributed by atoms with Crippen LogP contribution in [0.3, 0.4) is 0 Å². The maximum absolute atomic E-state index is 11.5. The van der Waals surface area contributed by atoms with Crippen LogP contribution in [0.5, 0.6) is 0 Å². The molecule has 2 aromatic carbocycles. The fourth-order valence-corrected chi connectivity index (χ4v) is 2.56. The molecule has 0 fully saturated rings. The van der Waals surface area contributed by atoms with Gasteiger partial charge in [-0.05, 0) is 30.7 Å². The summed E-state index contributed by atoms with van der Waals surface area (Å²) < 4.78 is 23.0. The molecule has 0 aromatic heterocycles. The standard InChI is InChI=1S/C15H17NO2S/c1-12(13-7-4-3-5-8-13)16-14-9-6-10-15(11-14)19(2,17)18/h3-12,16H,1-2H3. The van der Waals surface area contributed by atoms with E-state index in [1.165, 1.54) is 6.26 Å². The summed E-state index contributed by atoms with van der Waals surface area (Å²) in [6.07, 6.45) is 1.22. The second kappa shape index (κ2) is 5.45. The van der Waals surface area contributed by atoms with Gasteiger partial charge in [-0.1, -0.05) is 36.4 Å². The molecule has 100 valence electrons. The lowest BCUT2D eigenvalue weighted by molar-refractivity contribution is 0.602. The van der Waals surface area contributed by atoms with E-state index < -0.39 is 9.84 Å². The maximum Gasteiger partial charge on any atom is 0.175 e. The van der Waals surface area contributed by atoms with Crippen molar-refractivity contribution in [1.82, 2.24) is 0 Å². The lowest BCUT2D eigenvalue weighted by atomic mass is 10.1. The number of anilines is 1. The Morgan fingerprint density at radius 3 is 2.32 bits per heavy atom. The summed E-state index contributed by atoms with van der Waals surface area (Å²) in [4.78, 5) is 0.331. The van der Waals surface area contributed by atoms with Gasteiger partial charge in [0.1, 0.15) is 0 Å². The lowest BCUT2D eigenvalue weighted by Crippen LogP contribution is -2.07. The molecule has 2 aromatic rings. The Balaban J connectivity index is 2.20. The van der Waals surface area contributed by atoms with E-state index in [-0.39, 0.29) is 6.04 Å². The molecule has 19 heavy (non-hydrogen) atoms. The highest BCUT2D eigenvalue weighted by Crippen LogP contribution is 2.21. The van der Waals surface area contributed by atoms with Crippen LogP contribution in [0.2, 0.25) is 0 Å². The van der Waals surface area contributed by atoms with Gasteiger partial charge in [-0.3, -0.25) is 0 Å². The topological polar surface area (TPSA) is 46.2 Å². The molecule has 2 rings (SSSR count). The van der Waals surface area contributed by atoms with Gasteiger partial charge < -0.3 is 5.32 Å². The number of hydrogen-bond acceptors (Lipinski definition) is 3. The van der Waals surface area contributed by atoms with Gasteiger partial charge in [-0.2, -0.15) is 0 Å². The zero-order chi connectivity index (χ0) is 13.9. The number of benzene rings is 2. The van der Waals surface area contributed by atoms with E-state index in [1.54, 1.807) is 18.2 Å². The summed E-state index contributed by atoms with van der Waals surface area (Å²) in [6.45, 7) is 2.04. The van der Waals surface area contributed by atoms with Crippen molar-refractivity contribution in [1.29, 1.82) is 0 Å². The fraction of sp³-hybridized carbons (Fsp3) is 0.200. The summed E-state index contributed by atoms with van der Waals surface area (Å²) in [6, 6.07) is 17.0.